The minimum Gasteiger partial charge on any atom is -0.367 e. The molecular formula is C15H30O6P2. The van der Waals surface area contributed by atoms with Gasteiger partial charge in [-0.1, -0.05) is 23.3 Å². The minimum atomic E-state index is -3.40. The number of hydrogen-bond acceptors (Lipinski definition) is 6. The summed E-state index contributed by atoms with van der Waals surface area (Å²) in [5.41, 5.74) is 2.50. The standard InChI is InChI=1S/C15H30O6P2/c1-14(2)8-7-9-15(3)10-11-21-12-22(16,18-4)13-23(17,19-5)20-6/h8,10H,7,9,11-13H2,1-6H3/b15-10+. The van der Waals surface area contributed by atoms with E-state index in [2.05, 4.69) is 19.9 Å². The molecular weight excluding hydrogens is 338 g/mol. The van der Waals surface area contributed by atoms with Crippen LogP contribution in [-0.4, -0.2) is 40.2 Å². The predicted octanol–water partition coefficient (Wildman–Crippen LogP) is 5.02. The van der Waals surface area contributed by atoms with Gasteiger partial charge >= 0.3 is 7.60 Å². The Labute approximate surface area is 140 Å². The van der Waals surface area contributed by atoms with Crippen molar-refractivity contribution in [2.75, 3.05) is 40.2 Å². The van der Waals surface area contributed by atoms with Crippen LogP contribution in [-0.2, 0) is 27.4 Å². The molecule has 0 aliphatic rings. The molecule has 0 saturated heterocycles. The Kier molecular flexibility index (Phi) is 11.2. The summed E-state index contributed by atoms with van der Waals surface area (Å²) in [7, 11) is -2.81. The molecule has 0 heterocycles. The third kappa shape index (κ3) is 10.3. The predicted molar refractivity (Wildman–Crippen MR) is 94.3 cm³/mol. The van der Waals surface area contributed by atoms with Gasteiger partial charge in [-0.2, -0.15) is 0 Å². The summed E-state index contributed by atoms with van der Waals surface area (Å²) in [4.78, 5) is 0. The highest BCUT2D eigenvalue weighted by molar-refractivity contribution is 7.73. The van der Waals surface area contributed by atoms with Crippen LogP contribution in [0.25, 0.3) is 0 Å². The fourth-order valence-electron chi connectivity index (χ4n) is 1.69. The molecule has 0 rings (SSSR count). The van der Waals surface area contributed by atoms with E-state index in [0.29, 0.717) is 6.61 Å². The monoisotopic (exact) mass is 368 g/mol. The van der Waals surface area contributed by atoms with Gasteiger partial charge in [-0.05, 0) is 33.6 Å². The molecule has 0 fully saturated rings. The van der Waals surface area contributed by atoms with Crippen LogP contribution < -0.4 is 0 Å². The van der Waals surface area contributed by atoms with Gasteiger partial charge < -0.3 is 18.3 Å². The second kappa shape index (κ2) is 11.4. The maximum atomic E-state index is 12.5. The molecule has 6 nitrogen and oxygen atoms in total. The molecule has 1 unspecified atom stereocenters. The van der Waals surface area contributed by atoms with E-state index in [9.17, 15) is 9.13 Å². The molecule has 0 aromatic heterocycles. The molecule has 1 atom stereocenters. The van der Waals surface area contributed by atoms with Gasteiger partial charge in [0.1, 0.15) is 12.3 Å². The van der Waals surface area contributed by atoms with Crippen molar-refractivity contribution in [3.05, 3.63) is 23.3 Å². The first-order valence-corrected chi connectivity index (χ1v) is 11.1. The fourth-order valence-corrected chi connectivity index (χ4v) is 6.15. The molecule has 136 valence electrons. The molecule has 23 heavy (non-hydrogen) atoms. The average Bonchev–Trinajstić information content (AvgIpc) is 2.51. The summed E-state index contributed by atoms with van der Waals surface area (Å²) < 4.78 is 44.6. The van der Waals surface area contributed by atoms with Crippen molar-refractivity contribution in [1.29, 1.82) is 0 Å². The first-order chi connectivity index (χ1) is 10.7. The Morgan fingerprint density at radius 1 is 0.957 bits per heavy atom. The summed E-state index contributed by atoms with van der Waals surface area (Å²) in [5.74, 6) is -0.299. The lowest BCUT2D eigenvalue weighted by molar-refractivity contribution is 0.194. The van der Waals surface area contributed by atoms with E-state index in [1.165, 1.54) is 32.5 Å². The van der Waals surface area contributed by atoms with E-state index < -0.39 is 15.0 Å². The second-order valence-corrected chi connectivity index (χ2v) is 10.8. The van der Waals surface area contributed by atoms with Crippen molar-refractivity contribution < 1.29 is 27.4 Å². The van der Waals surface area contributed by atoms with Crippen LogP contribution in [0.5, 0.6) is 0 Å². The first kappa shape index (κ1) is 22.8. The van der Waals surface area contributed by atoms with Crippen molar-refractivity contribution in [3.63, 3.8) is 0 Å². The summed E-state index contributed by atoms with van der Waals surface area (Å²) >= 11 is 0. The van der Waals surface area contributed by atoms with Gasteiger partial charge in [-0.15, -0.1) is 0 Å². The number of rotatable bonds is 12. The summed E-state index contributed by atoms with van der Waals surface area (Å²) in [6.45, 7) is 6.51. The maximum absolute atomic E-state index is 12.5. The Balaban J connectivity index is 4.39. The zero-order valence-corrected chi connectivity index (χ0v) is 16.8. The topological polar surface area (TPSA) is 71.1 Å². The Hall–Kier alpha value is -0.220. The van der Waals surface area contributed by atoms with E-state index in [-0.39, 0.29) is 12.3 Å². The summed E-state index contributed by atoms with van der Waals surface area (Å²) in [6, 6.07) is 0. The van der Waals surface area contributed by atoms with Crippen LogP contribution in [0.4, 0.5) is 0 Å². The number of allylic oxidation sites excluding steroid dienone is 3. The smallest absolute Gasteiger partial charge is 0.339 e. The molecule has 0 saturated carbocycles. The second-order valence-electron chi connectivity index (χ2n) is 5.49. The normalized spacial score (nSPS) is 15.3. The zero-order chi connectivity index (χ0) is 17.9. The van der Waals surface area contributed by atoms with Gasteiger partial charge in [0, 0.05) is 21.3 Å². The molecule has 0 N–H and O–H groups in total. The van der Waals surface area contributed by atoms with Crippen molar-refractivity contribution in [1.82, 2.24) is 0 Å². The third-order valence-electron chi connectivity index (χ3n) is 3.21. The van der Waals surface area contributed by atoms with Gasteiger partial charge in [0.15, 0.2) is 0 Å². The Morgan fingerprint density at radius 3 is 2.04 bits per heavy atom. The van der Waals surface area contributed by atoms with E-state index in [1.807, 2.05) is 13.0 Å². The fraction of sp³-hybridized carbons (Fsp3) is 0.733. The van der Waals surface area contributed by atoms with Gasteiger partial charge in [0.05, 0.1) is 6.61 Å². The van der Waals surface area contributed by atoms with Gasteiger partial charge in [-0.3, -0.25) is 9.13 Å². The largest absolute Gasteiger partial charge is 0.367 e. The molecule has 0 aromatic carbocycles. The molecule has 0 aliphatic heterocycles. The molecule has 0 radical (unpaired) electrons. The van der Waals surface area contributed by atoms with Crippen molar-refractivity contribution in [3.8, 4) is 0 Å². The Morgan fingerprint density at radius 2 is 1.57 bits per heavy atom. The lowest BCUT2D eigenvalue weighted by Crippen LogP contribution is -2.05. The zero-order valence-electron chi connectivity index (χ0n) is 15.0. The molecule has 0 bridgehead atoms. The van der Waals surface area contributed by atoms with Gasteiger partial charge in [0.2, 0.25) is 7.37 Å². The highest BCUT2D eigenvalue weighted by atomic mass is 31.2. The van der Waals surface area contributed by atoms with Crippen LogP contribution in [0.3, 0.4) is 0 Å². The number of ether oxygens (including phenoxy) is 1. The first-order valence-electron chi connectivity index (χ1n) is 7.41. The number of hydrogen-bond donors (Lipinski definition) is 0. The van der Waals surface area contributed by atoms with E-state index in [1.54, 1.807) is 0 Å². The van der Waals surface area contributed by atoms with Crippen LogP contribution in [0, 0.1) is 0 Å². The van der Waals surface area contributed by atoms with Gasteiger partial charge in [-0.25, -0.2) is 0 Å². The van der Waals surface area contributed by atoms with Crippen molar-refractivity contribution in [2.24, 2.45) is 0 Å². The molecule has 0 spiro atoms. The van der Waals surface area contributed by atoms with E-state index in [0.717, 1.165) is 12.8 Å². The van der Waals surface area contributed by atoms with Crippen LogP contribution >= 0.6 is 15.0 Å². The van der Waals surface area contributed by atoms with Crippen LogP contribution in [0.1, 0.15) is 33.6 Å². The van der Waals surface area contributed by atoms with Crippen LogP contribution in [0.15, 0.2) is 23.3 Å². The maximum Gasteiger partial charge on any atom is 0.339 e. The third-order valence-corrected chi connectivity index (χ3v) is 8.67. The summed E-state index contributed by atoms with van der Waals surface area (Å²) in [5, 5.41) is 0. The molecule has 0 amide bonds. The average molecular weight is 368 g/mol. The highest BCUT2D eigenvalue weighted by Gasteiger charge is 2.35. The Bertz CT molecular complexity index is 486. The lowest BCUT2D eigenvalue weighted by atomic mass is 10.1. The molecule has 0 aliphatic carbocycles. The van der Waals surface area contributed by atoms with Gasteiger partial charge in [0.25, 0.3) is 0 Å². The molecule has 8 heteroatoms. The van der Waals surface area contributed by atoms with Crippen LogP contribution in [0.2, 0.25) is 0 Å². The van der Waals surface area contributed by atoms with E-state index >= 15 is 0 Å². The van der Waals surface area contributed by atoms with Crippen molar-refractivity contribution >= 4 is 15.0 Å². The minimum absolute atomic E-state index is 0.127. The quantitative estimate of drug-likeness (QED) is 0.274. The summed E-state index contributed by atoms with van der Waals surface area (Å²) in [6.07, 6.45) is 5.96. The molecule has 0 aromatic rings. The highest BCUT2D eigenvalue weighted by Crippen LogP contribution is 2.62. The lowest BCUT2D eigenvalue weighted by Gasteiger charge is -2.20. The van der Waals surface area contributed by atoms with E-state index in [4.69, 9.17) is 18.3 Å². The van der Waals surface area contributed by atoms with Crippen molar-refractivity contribution in [2.45, 2.75) is 33.6 Å². The SMILES string of the molecule is COP(=O)(COC/C=C(\C)CCC=C(C)C)CP(=O)(OC)OC.